The smallest absolute Gasteiger partial charge is 0.238 e. The molecule has 0 unspecified atom stereocenters. The third-order valence-corrected chi connectivity index (χ3v) is 5.17. The summed E-state index contributed by atoms with van der Waals surface area (Å²) in [4.78, 5) is 0.163. The minimum atomic E-state index is -3.61. The molecule has 1 saturated heterocycles. The minimum Gasteiger partial charge on any atom is -0.348 e. The average molecular weight is 297 g/mol. The van der Waals surface area contributed by atoms with Crippen LogP contribution >= 0.6 is 0 Å². The van der Waals surface area contributed by atoms with Crippen molar-refractivity contribution in [2.75, 3.05) is 13.2 Å². The lowest BCUT2D eigenvalue weighted by Gasteiger charge is -2.35. The quantitative estimate of drug-likeness (QED) is 0.901. The molecule has 1 aliphatic heterocycles. The highest BCUT2D eigenvalue weighted by Gasteiger charge is 2.40. The maximum absolute atomic E-state index is 11.2. The zero-order chi connectivity index (χ0) is 14.2. The summed E-state index contributed by atoms with van der Waals surface area (Å²) in [7, 11) is -3.61. The van der Waals surface area contributed by atoms with Crippen molar-refractivity contribution in [3.05, 3.63) is 29.8 Å². The fraction of sp³-hybridized carbons (Fsp3) is 0.571. The molecule has 2 N–H and O–H groups in total. The van der Waals surface area contributed by atoms with Crippen LogP contribution in [0.25, 0.3) is 0 Å². The van der Waals surface area contributed by atoms with E-state index in [1.807, 2.05) is 12.1 Å². The lowest BCUT2D eigenvalue weighted by Crippen LogP contribution is -2.34. The van der Waals surface area contributed by atoms with Crippen LogP contribution in [0.5, 0.6) is 0 Å². The van der Waals surface area contributed by atoms with Crippen LogP contribution in [0.1, 0.15) is 37.2 Å². The number of sulfonamides is 1. The van der Waals surface area contributed by atoms with Crippen LogP contribution in [0.15, 0.2) is 29.2 Å². The van der Waals surface area contributed by atoms with Gasteiger partial charge in [-0.25, -0.2) is 13.6 Å². The molecule has 0 bridgehead atoms. The number of hydrogen-bond donors (Lipinski definition) is 1. The topological polar surface area (TPSA) is 78.6 Å². The summed E-state index contributed by atoms with van der Waals surface area (Å²) in [6.45, 7) is 1.38. The Kier molecular flexibility index (Phi) is 3.58. The average Bonchev–Trinajstić information content (AvgIpc) is 2.87. The van der Waals surface area contributed by atoms with Gasteiger partial charge < -0.3 is 9.47 Å². The molecular formula is C14H19NO4S. The molecule has 3 rings (SSSR count). The summed E-state index contributed by atoms with van der Waals surface area (Å²) in [6, 6.07) is 6.88. The summed E-state index contributed by atoms with van der Waals surface area (Å²) >= 11 is 0. The third kappa shape index (κ3) is 2.74. The first-order valence-electron chi connectivity index (χ1n) is 6.89. The van der Waals surface area contributed by atoms with Gasteiger partial charge in [0.2, 0.25) is 10.0 Å². The van der Waals surface area contributed by atoms with Gasteiger partial charge in [-0.2, -0.15) is 0 Å². The fourth-order valence-electron chi connectivity index (χ4n) is 3.11. The molecule has 5 nitrogen and oxygen atoms in total. The molecule has 20 heavy (non-hydrogen) atoms. The molecule has 1 saturated carbocycles. The zero-order valence-electron chi connectivity index (χ0n) is 11.2. The van der Waals surface area contributed by atoms with E-state index >= 15 is 0 Å². The number of benzene rings is 1. The molecule has 0 aromatic heterocycles. The van der Waals surface area contributed by atoms with Gasteiger partial charge in [-0.3, -0.25) is 0 Å². The van der Waals surface area contributed by atoms with Crippen LogP contribution in [-0.2, 0) is 19.5 Å². The van der Waals surface area contributed by atoms with Gasteiger partial charge in [0, 0.05) is 12.8 Å². The van der Waals surface area contributed by atoms with Crippen LogP contribution in [0, 0.1) is 0 Å². The lowest BCUT2D eigenvalue weighted by atomic mass is 9.81. The normalized spacial score (nSPS) is 23.2. The maximum atomic E-state index is 11.2. The van der Waals surface area contributed by atoms with Crippen molar-refractivity contribution < 1.29 is 17.9 Å². The second kappa shape index (κ2) is 5.11. The first-order valence-corrected chi connectivity index (χ1v) is 8.44. The lowest BCUT2D eigenvalue weighted by molar-refractivity contribution is -0.178. The van der Waals surface area contributed by atoms with E-state index in [-0.39, 0.29) is 10.7 Å². The molecule has 2 fully saturated rings. The van der Waals surface area contributed by atoms with Gasteiger partial charge in [0.05, 0.1) is 18.1 Å². The Morgan fingerprint density at radius 3 is 2.10 bits per heavy atom. The van der Waals surface area contributed by atoms with Crippen LogP contribution in [0.4, 0.5) is 0 Å². The Morgan fingerprint density at radius 2 is 1.60 bits per heavy atom. The molecule has 2 aliphatic rings. The van der Waals surface area contributed by atoms with Gasteiger partial charge in [0.15, 0.2) is 5.79 Å². The van der Waals surface area contributed by atoms with E-state index in [0.29, 0.717) is 19.1 Å². The molecule has 1 aromatic rings. The summed E-state index contributed by atoms with van der Waals surface area (Å²) in [6.07, 6.45) is 3.78. The molecule has 110 valence electrons. The summed E-state index contributed by atoms with van der Waals surface area (Å²) in [5.74, 6) is 0.0831. The highest BCUT2D eigenvalue weighted by atomic mass is 32.2. The molecule has 0 radical (unpaired) electrons. The standard InChI is InChI=1S/C14H19NO4S/c15-20(16,17)13-3-1-11(2-4-13)12-5-7-14(8-6-12)18-9-10-19-14/h1-4,12H,5-10H2,(H2,15,16,17). The van der Waals surface area contributed by atoms with Crippen LogP contribution < -0.4 is 5.14 Å². The molecule has 1 aliphatic carbocycles. The van der Waals surface area contributed by atoms with Gasteiger partial charge in [-0.05, 0) is 36.5 Å². The van der Waals surface area contributed by atoms with Crippen molar-refractivity contribution in [1.82, 2.24) is 0 Å². The van der Waals surface area contributed by atoms with Crippen molar-refractivity contribution >= 4 is 10.0 Å². The molecule has 1 spiro atoms. The Hall–Kier alpha value is -0.950. The van der Waals surface area contributed by atoms with Gasteiger partial charge in [0.1, 0.15) is 0 Å². The van der Waals surface area contributed by atoms with Gasteiger partial charge in [-0.15, -0.1) is 0 Å². The monoisotopic (exact) mass is 297 g/mol. The predicted molar refractivity (Wildman–Crippen MR) is 73.7 cm³/mol. The second-order valence-corrected chi connectivity index (χ2v) is 7.06. The number of rotatable bonds is 2. The molecule has 1 aromatic carbocycles. The Bertz CT molecular complexity index is 566. The Morgan fingerprint density at radius 1 is 1.05 bits per heavy atom. The third-order valence-electron chi connectivity index (χ3n) is 4.24. The Balaban J connectivity index is 1.69. The van der Waals surface area contributed by atoms with Crippen molar-refractivity contribution in [3.63, 3.8) is 0 Å². The highest BCUT2D eigenvalue weighted by molar-refractivity contribution is 7.89. The Labute approximate surface area is 119 Å². The van der Waals surface area contributed by atoms with E-state index in [1.54, 1.807) is 12.1 Å². The van der Waals surface area contributed by atoms with Gasteiger partial charge >= 0.3 is 0 Å². The van der Waals surface area contributed by atoms with Crippen molar-refractivity contribution in [1.29, 1.82) is 0 Å². The maximum Gasteiger partial charge on any atom is 0.238 e. The van der Waals surface area contributed by atoms with E-state index < -0.39 is 10.0 Å². The van der Waals surface area contributed by atoms with E-state index in [4.69, 9.17) is 14.6 Å². The van der Waals surface area contributed by atoms with E-state index in [1.165, 1.54) is 0 Å². The number of hydrogen-bond acceptors (Lipinski definition) is 4. The van der Waals surface area contributed by atoms with Gasteiger partial charge in [0.25, 0.3) is 0 Å². The molecule has 6 heteroatoms. The second-order valence-electron chi connectivity index (χ2n) is 5.50. The first kappa shape index (κ1) is 14.0. The molecular weight excluding hydrogens is 278 g/mol. The minimum absolute atomic E-state index is 0.163. The summed E-state index contributed by atoms with van der Waals surface area (Å²) in [5.41, 5.74) is 1.16. The molecule has 0 atom stereocenters. The van der Waals surface area contributed by atoms with Crippen LogP contribution in [0.3, 0.4) is 0 Å². The van der Waals surface area contributed by atoms with Crippen molar-refractivity contribution in [2.45, 2.75) is 42.3 Å². The van der Waals surface area contributed by atoms with Crippen LogP contribution in [0.2, 0.25) is 0 Å². The number of nitrogens with two attached hydrogens (primary N) is 1. The van der Waals surface area contributed by atoms with E-state index in [0.717, 1.165) is 31.2 Å². The van der Waals surface area contributed by atoms with E-state index in [2.05, 4.69) is 0 Å². The first-order chi connectivity index (χ1) is 9.49. The van der Waals surface area contributed by atoms with Crippen LogP contribution in [-0.4, -0.2) is 27.4 Å². The van der Waals surface area contributed by atoms with E-state index in [9.17, 15) is 8.42 Å². The fourth-order valence-corrected chi connectivity index (χ4v) is 3.62. The SMILES string of the molecule is NS(=O)(=O)c1ccc(C2CCC3(CC2)OCCO3)cc1. The number of primary sulfonamides is 1. The van der Waals surface area contributed by atoms with Crippen molar-refractivity contribution in [3.8, 4) is 0 Å². The largest absolute Gasteiger partial charge is 0.348 e. The van der Waals surface area contributed by atoms with Gasteiger partial charge in [-0.1, -0.05) is 12.1 Å². The zero-order valence-corrected chi connectivity index (χ0v) is 12.1. The predicted octanol–water partition coefficient (Wildman–Crippen LogP) is 1.73. The summed E-state index contributed by atoms with van der Waals surface area (Å²) < 4.78 is 33.9. The summed E-state index contributed by atoms with van der Waals surface area (Å²) in [5, 5.41) is 5.10. The highest BCUT2D eigenvalue weighted by Crippen LogP contribution is 2.42. The molecule has 1 heterocycles. The molecule has 0 amide bonds. The van der Waals surface area contributed by atoms with Crippen molar-refractivity contribution in [2.24, 2.45) is 5.14 Å². The number of ether oxygens (including phenoxy) is 2.